The van der Waals surface area contributed by atoms with Crippen molar-refractivity contribution in [1.82, 2.24) is 5.32 Å². The Balaban J connectivity index is 1.62. The molecule has 144 valence electrons. The number of nitrogens with one attached hydrogen (secondary N) is 2. The summed E-state index contributed by atoms with van der Waals surface area (Å²) in [6, 6.07) is 6.66. The molecule has 1 heterocycles. The fraction of sp³-hybridized carbons (Fsp3) is 0.150. The highest BCUT2D eigenvalue weighted by Gasteiger charge is 2.23. The van der Waals surface area contributed by atoms with E-state index >= 15 is 0 Å². The number of anilines is 1. The number of amides is 2. The summed E-state index contributed by atoms with van der Waals surface area (Å²) in [7, 11) is 0. The molecule has 0 saturated carbocycles. The lowest BCUT2D eigenvalue weighted by Gasteiger charge is -2.11. The van der Waals surface area contributed by atoms with Crippen LogP contribution in [0.5, 0.6) is 0 Å². The molecule has 0 radical (unpaired) electrons. The average Bonchev–Trinajstić information content (AvgIpc) is 3.03. The molecule has 0 spiro atoms. The summed E-state index contributed by atoms with van der Waals surface area (Å²) in [6.07, 6.45) is 3.89. The van der Waals surface area contributed by atoms with Crippen molar-refractivity contribution in [1.29, 1.82) is 0 Å². The third-order valence-corrected chi connectivity index (χ3v) is 4.25. The van der Waals surface area contributed by atoms with Crippen LogP contribution < -0.4 is 10.6 Å². The minimum atomic E-state index is -1.66. The van der Waals surface area contributed by atoms with Crippen LogP contribution in [0.15, 0.2) is 36.4 Å². The van der Waals surface area contributed by atoms with Gasteiger partial charge in [-0.25, -0.2) is 13.2 Å². The zero-order valence-corrected chi connectivity index (χ0v) is 14.5. The van der Waals surface area contributed by atoms with E-state index in [2.05, 4.69) is 10.6 Å². The summed E-state index contributed by atoms with van der Waals surface area (Å²) in [5, 5.41) is 5.18. The number of rotatable bonds is 6. The standard InChI is InChI=1S/C20H15F3N2O3/c21-15-7-13(8-16(22)19(15)23)14(10-26)20(28)24-5-1-2-11-3-4-12-9-18(27)25-17(12)6-11/h1-4,6-8,10,14H,5,9H2,(H,24,28)(H,25,27)/b2-1+. The van der Waals surface area contributed by atoms with Gasteiger partial charge in [-0.05, 0) is 34.9 Å². The maximum absolute atomic E-state index is 13.3. The van der Waals surface area contributed by atoms with Crippen molar-refractivity contribution < 1.29 is 27.6 Å². The Morgan fingerprint density at radius 3 is 2.57 bits per heavy atom. The van der Waals surface area contributed by atoms with Crippen molar-refractivity contribution in [3.8, 4) is 0 Å². The molecule has 0 bridgehead atoms. The number of fused-ring (bicyclic) bond motifs is 1. The number of carbonyl (C=O) groups excluding carboxylic acids is 3. The Labute approximate surface area is 158 Å². The molecule has 1 unspecified atom stereocenters. The fourth-order valence-corrected chi connectivity index (χ4v) is 2.85. The van der Waals surface area contributed by atoms with Gasteiger partial charge in [0.05, 0.1) is 6.42 Å². The SMILES string of the molecule is O=CC(C(=O)NC/C=C/c1ccc2c(c1)NC(=O)C2)c1cc(F)c(F)c(F)c1. The van der Waals surface area contributed by atoms with Gasteiger partial charge in [-0.2, -0.15) is 0 Å². The molecule has 2 amide bonds. The molecular weight excluding hydrogens is 373 g/mol. The second kappa shape index (κ2) is 8.08. The Morgan fingerprint density at radius 2 is 1.89 bits per heavy atom. The number of carbonyl (C=O) groups is 3. The molecule has 0 aromatic heterocycles. The molecule has 8 heteroatoms. The van der Waals surface area contributed by atoms with E-state index in [0.29, 0.717) is 18.6 Å². The predicted octanol–water partition coefficient (Wildman–Crippen LogP) is 2.71. The molecule has 3 rings (SSSR count). The zero-order valence-electron chi connectivity index (χ0n) is 14.5. The van der Waals surface area contributed by atoms with Crippen LogP contribution in [0.3, 0.4) is 0 Å². The van der Waals surface area contributed by atoms with Crippen molar-refractivity contribution in [3.63, 3.8) is 0 Å². The van der Waals surface area contributed by atoms with Gasteiger partial charge in [0, 0.05) is 12.2 Å². The van der Waals surface area contributed by atoms with Gasteiger partial charge in [0.25, 0.3) is 0 Å². The summed E-state index contributed by atoms with van der Waals surface area (Å²) in [6.45, 7) is 0.0543. The van der Waals surface area contributed by atoms with Crippen LogP contribution >= 0.6 is 0 Å². The van der Waals surface area contributed by atoms with E-state index in [1.807, 2.05) is 12.1 Å². The summed E-state index contributed by atoms with van der Waals surface area (Å²) < 4.78 is 39.6. The van der Waals surface area contributed by atoms with Gasteiger partial charge in [0.15, 0.2) is 17.5 Å². The molecular formula is C20H15F3N2O3. The highest BCUT2D eigenvalue weighted by Crippen LogP contribution is 2.24. The third kappa shape index (κ3) is 4.11. The minimum absolute atomic E-state index is 0.0543. The van der Waals surface area contributed by atoms with Gasteiger partial charge in [-0.15, -0.1) is 0 Å². The first-order valence-corrected chi connectivity index (χ1v) is 8.36. The van der Waals surface area contributed by atoms with E-state index in [1.165, 1.54) is 0 Å². The lowest BCUT2D eigenvalue weighted by molar-refractivity contribution is -0.125. The molecule has 28 heavy (non-hydrogen) atoms. The van der Waals surface area contributed by atoms with Gasteiger partial charge in [0.1, 0.15) is 12.2 Å². The lowest BCUT2D eigenvalue weighted by atomic mass is 9.99. The summed E-state index contributed by atoms with van der Waals surface area (Å²) in [4.78, 5) is 34.7. The fourth-order valence-electron chi connectivity index (χ4n) is 2.85. The predicted molar refractivity (Wildman–Crippen MR) is 95.9 cm³/mol. The third-order valence-electron chi connectivity index (χ3n) is 4.25. The first-order valence-electron chi connectivity index (χ1n) is 8.36. The Morgan fingerprint density at radius 1 is 1.18 bits per heavy atom. The quantitative estimate of drug-likeness (QED) is 0.454. The molecule has 0 fully saturated rings. The van der Waals surface area contributed by atoms with E-state index in [4.69, 9.17) is 0 Å². The van der Waals surface area contributed by atoms with Crippen LogP contribution in [-0.4, -0.2) is 24.6 Å². The molecule has 2 aromatic rings. The first kappa shape index (κ1) is 19.3. The molecule has 0 aliphatic carbocycles. The second-order valence-corrected chi connectivity index (χ2v) is 6.20. The number of benzene rings is 2. The van der Waals surface area contributed by atoms with Gasteiger partial charge >= 0.3 is 0 Å². The Kier molecular flexibility index (Phi) is 5.58. The molecule has 1 atom stereocenters. The highest BCUT2D eigenvalue weighted by molar-refractivity contribution is 5.99. The van der Waals surface area contributed by atoms with E-state index in [0.717, 1.165) is 16.8 Å². The van der Waals surface area contributed by atoms with Crippen LogP contribution in [-0.2, 0) is 20.8 Å². The van der Waals surface area contributed by atoms with Crippen LogP contribution in [0.4, 0.5) is 18.9 Å². The van der Waals surface area contributed by atoms with E-state index in [1.54, 1.807) is 18.2 Å². The van der Waals surface area contributed by atoms with Crippen molar-refractivity contribution in [2.75, 3.05) is 11.9 Å². The van der Waals surface area contributed by atoms with E-state index < -0.39 is 29.3 Å². The minimum Gasteiger partial charge on any atom is -0.352 e. The molecule has 0 saturated heterocycles. The zero-order chi connectivity index (χ0) is 20.3. The van der Waals surface area contributed by atoms with Crippen molar-refractivity contribution in [2.24, 2.45) is 0 Å². The average molecular weight is 388 g/mol. The Bertz CT molecular complexity index is 966. The molecule has 1 aliphatic rings. The number of hydrogen-bond acceptors (Lipinski definition) is 3. The van der Waals surface area contributed by atoms with Crippen molar-refractivity contribution in [3.05, 3.63) is 70.5 Å². The van der Waals surface area contributed by atoms with Gasteiger partial charge in [0.2, 0.25) is 11.8 Å². The normalized spacial score (nSPS) is 13.9. The highest BCUT2D eigenvalue weighted by atomic mass is 19.2. The topological polar surface area (TPSA) is 75.3 Å². The van der Waals surface area contributed by atoms with E-state index in [-0.39, 0.29) is 24.3 Å². The van der Waals surface area contributed by atoms with Crippen molar-refractivity contribution >= 4 is 29.9 Å². The maximum Gasteiger partial charge on any atom is 0.235 e. The van der Waals surface area contributed by atoms with E-state index in [9.17, 15) is 27.6 Å². The molecule has 2 aromatic carbocycles. The smallest absolute Gasteiger partial charge is 0.235 e. The molecule has 5 nitrogen and oxygen atoms in total. The van der Waals surface area contributed by atoms with Crippen molar-refractivity contribution in [2.45, 2.75) is 12.3 Å². The largest absolute Gasteiger partial charge is 0.352 e. The number of halogens is 3. The molecule has 2 N–H and O–H groups in total. The first-order chi connectivity index (χ1) is 13.4. The Hall–Kier alpha value is -3.42. The second-order valence-electron chi connectivity index (χ2n) is 6.20. The van der Waals surface area contributed by atoms with Crippen LogP contribution in [0.25, 0.3) is 6.08 Å². The maximum atomic E-state index is 13.3. The summed E-state index contributed by atoms with van der Waals surface area (Å²) >= 11 is 0. The summed E-state index contributed by atoms with van der Waals surface area (Å²) in [5.74, 6) is -6.92. The van der Waals surface area contributed by atoms with Gasteiger partial charge < -0.3 is 15.4 Å². The van der Waals surface area contributed by atoms with Crippen LogP contribution in [0.1, 0.15) is 22.6 Å². The molecule has 1 aliphatic heterocycles. The summed E-state index contributed by atoms with van der Waals surface area (Å²) in [5.41, 5.74) is 2.16. The lowest BCUT2D eigenvalue weighted by Crippen LogP contribution is -2.30. The number of hydrogen-bond donors (Lipinski definition) is 2. The van der Waals surface area contributed by atoms with Gasteiger partial charge in [-0.3, -0.25) is 9.59 Å². The monoisotopic (exact) mass is 388 g/mol. The number of aldehydes is 1. The van der Waals surface area contributed by atoms with Crippen LogP contribution in [0.2, 0.25) is 0 Å². The van der Waals surface area contributed by atoms with Gasteiger partial charge in [-0.1, -0.05) is 24.3 Å². The van der Waals surface area contributed by atoms with Crippen LogP contribution in [0, 0.1) is 17.5 Å².